The summed E-state index contributed by atoms with van der Waals surface area (Å²) in [5, 5.41) is 2.25. The summed E-state index contributed by atoms with van der Waals surface area (Å²) in [4.78, 5) is 6.80. The van der Waals surface area contributed by atoms with Gasteiger partial charge in [0.25, 0.3) is 0 Å². The van der Waals surface area contributed by atoms with E-state index in [1.807, 2.05) is 19.2 Å². The molecule has 0 bridgehead atoms. The van der Waals surface area contributed by atoms with Crippen molar-refractivity contribution in [3.05, 3.63) is 30.1 Å². The smallest absolute Gasteiger partial charge is 0.0508 e. The van der Waals surface area contributed by atoms with E-state index in [-0.39, 0.29) is 0 Å². The number of hydrogen-bond donors (Lipinski definition) is 1. The largest absolute Gasteiger partial charge is 0.398 e. The number of rotatable bonds is 3. The van der Waals surface area contributed by atoms with Gasteiger partial charge in [0.15, 0.2) is 0 Å². The van der Waals surface area contributed by atoms with Crippen LogP contribution < -0.4 is 10.6 Å². The molecular formula is C16H21N3O. The molecular weight excluding hydrogens is 250 g/mol. The van der Waals surface area contributed by atoms with Gasteiger partial charge in [-0.1, -0.05) is 0 Å². The van der Waals surface area contributed by atoms with Gasteiger partial charge in [-0.15, -0.1) is 0 Å². The zero-order valence-electron chi connectivity index (χ0n) is 12.1. The summed E-state index contributed by atoms with van der Waals surface area (Å²) in [6.07, 6.45) is 3.07. The summed E-state index contributed by atoms with van der Waals surface area (Å²) >= 11 is 0. The van der Waals surface area contributed by atoms with Crippen molar-refractivity contribution in [3.63, 3.8) is 0 Å². The van der Waals surface area contributed by atoms with E-state index < -0.39 is 0 Å². The van der Waals surface area contributed by atoms with Crippen LogP contribution >= 0.6 is 0 Å². The fourth-order valence-electron chi connectivity index (χ4n) is 3.05. The number of fused-ring (bicyclic) bond motifs is 1. The Morgan fingerprint density at radius 2 is 2.25 bits per heavy atom. The number of nitrogen functional groups attached to an aromatic ring is 1. The van der Waals surface area contributed by atoms with Crippen molar-refractivity contribution in [2.24, 2.45) is 5.92 Å². The average Bonchev–Trinajstić information content (AvgIpc) is 2.88. The van der Waals surface area contributed by atoms with E-state index in [0.29, 0.717) is 5.92 Å². The molecule has 1 saturated heterocycles. The summed E-state index contributed by atoms with van der Waals surface area (Å²) in [6, 6.07) is 6.25. The molecule has 1 aromatic heterocycles. The van der Waals surface area contributed by atoms with Crippen LogP contribution in [-0.4, -0.2) is 31.8 Å². The third-order valence-corrected chi connectivity index (χ3v) is 4.08. The second kappa shape index (κ2) is 5.29. The second-order valence-corrected chi connectivity index (χ2v) is 5.60. The van der Waals surface area contributed by atoms with Crippen LogP contribution in [0.3, 0.4) is 0 Å². The first kappa shape index (κ1) is 13.2. The summed E-state index contributed by atoms with van der Waals surface area (Å²) in [5.74, 6) is 0.621. The second-order valence-electron chi connectivity index (χ2n) is 5.60. The van der Waals surface area contributed by atoms with Crippen molar-refractivity contribution in [2.75, 3.05) is 37.4 Å². The maximum Gasteiger partial charge on any atom is 0.0508 e. The maximum absolute atomic E-state index is 6.07. The minimum atomic E-state index is 0.621. The van der Waals surface area contributed by atoms with Crippen LogP contribution in [-0.2, 0) is 4.74 Å². The van der Waals surface area contributed by atoms with Gasteiger partial charge in [-0.05, 0) is 31.5 Å². The minimum absolute atomic E-state index is 0.621. The number of anilines is 2. The summed E-state index contributed by atoms with van der Waals surface area (Å²) in [7, 11) is 1.77. The molecule has 106 valence electrons. The molecule has 1 atom stereocenters. The predicted octanol–water partition coefficient (Wildman–Crippen LogP) is 2.60. The Kier molecular flexibility index (Phi) is 3.49. The molecule has 2 aromatic rings. The Bertz CT molecular complexity index is 626. The lowest BCUT2D eigenvalue weighted by Crippen LogP contribution is -2.21. The highest BCUT2D eigenvalue weighted by Crippen LogP contribution is 2.33. The van der Waals surface area contributed by atoms with Crippen LogP contribution in [0.15, 0.2) is 24.4 Å². The Morgan fingerprint density at radius 1 is 1.40 bits per heavy atom. The first-order chi connectivity index (χ1) is 9.69. The molecule has 0 aliphatic carbocycles. The number of benzene rings is 1. The zero-order chi connectivity index (χ0) is 14.1. The molecule has 4 nitrogen and oxygen atoms in total. The lowest BCUT2D eigenvalue weighted by molar-refractivity contribution is 0.161. The van der Waals surface area contributed by atoms with Crippen LogP contribution in [0, 0.1) is 12.8 Å². The molecule has 1 unspecified atom stereocenters. The van der Waals surface area contributed by atoms with Gasteiger partial charge in [-0.25, -0.2) is 0 Å². The Hall–Kier alpha value is -1.81. The third kappa shape index (κ3) is 2.31. The minimum Gasteiger partial charge on any atom is -0.398 e. The van der Waals surface area contributed by atoms with E-state index in [0.717, 1.165) is 36.5 Å². The summed E-state index contributed by atoms with van der Waals surface area (Å²) < 4.78 is 5.28. The van der Waals surface area contributed by atoms with E-state index in [4.69, 9.17) is 10.5 Å². The fraction of sp³-hybridized carbons (Fsp3) is 0.438. The molecule has 1 fully saturated rings. The van der Waals surface area contributed by atoms with Crippen LogP contribution in [0.1, 0.15) is 12.1 Å². The maximum atomic E-state index is 6.07. The first-order valence-corrected chi connectivity index (χ1v) is 7.07. The van der Waals surface area contributed by atoms with Gasteiger partial charge in [0.1, 0.15) is 0 Å². The van der Waals surface area contributed by atoms with Gasteiger partial charge in [-0.3, -0.25) is 4.98 Å². The standard InChI is InChI=1S/C16H21N3O/c1-11-7-13-14(8-18-11)15(17)3-4-16(13)19-6-5-12(9-19)10-20-2/h3-4,7-8,12H,5-6,9-10,17H2,1-2H3. The quantitative estimate of drug-likeness (QED) is 0.872. The molecule has 1 aliphatic rings. The molecule has 2 N–H and O–H groups in total. The van der Waals surface area contributed by atoms with Gasteiger partial charge in [-0.2, -0.15) is 0 Å². The highest BCUT2D eigenvalue weighted by atomic mass is 16.5. The number of aromatic nitrogens is 1. The zero-order valence-corrected chi connectivity index (χ0v) is 12.1. The Balaban J connectivity index is 2.00. The summed E-state index contributed by atoms with van der Waals surface area (Å²) in [6.45, 7) is 4.98. The van der Waals surface area contributed by atoms with Crippen molar-refractivity contribution in [1.82, 2.24) is 4.98 Å². The average molecular weight is 271 g/mol. The van der Waals surface area contributed by atoms with E-state index in [2.05, 4.69) is 22.0 Å². The molecule has 2 heterocycles. The number of pyridine rings is 1. The van der Waals surface area contributed by atoms with Gasteiger partial charge < -0.3 is 15.4 Å². The van der Waals surface area contributed by atoms with Crippen LogP contribution in [0.4, 0.5) is 11.4 Å². The lowest BCUT2D eigenvalue weighted by atomic mass is 10.1. The molecule has 4 heteroatoms. The molecule has 0 spiro atoms. The van der Waals surface area contributed by atoms with E-state index >= 15 is 0 Å². The number of nitrogens with zero attached hydrogens (tertiary/aromatic N) is 2. The fourth-order valence-corrected chi connectivity index (χ4v) is 3.05. The van der Waals surface area contributed by atoms with Gasteiger partial charge >= 0.3 is 0 Å². The van der Waals surface area contributed by atoms with Crippen molar-refractivity contribution in [3.8, 4) is 0 Å². The number of methoxy groups -OCH3 is 1. The van der Waals surface area contributed by atoms with Crippen molar-refractivity contribution in [2.45, 2.75) is 13.3 Å². The molecule has 3 rings (SSSR count). The van der Waals surface area contributed by atoms with Crippen LogP contribution in [0.25, 0.3) is 10.8 Å². The van der Waals surface area contributed by atoms with E-state index in [1.165, 1.54) is 17.5 Å². The Labute approximate surface area is 119 Å². The van der Waals surface area contributed by atoms with E-state index in [9.17, 15) is 0 Å². The van der Waals surface area contributed by atoms with E-state index in [1.54, 1.807) is 7.11 Å². The highest BCUT2D eigenvalue weighted by molar-refractivity contribution is 6.01. The highest BCUT2D eigenvalue weighted by Gasteiger charge is 2.24. The topological polar surface area (TPSA) is 51.4 Å². The number of hydrogen-bond acceptors (Lipinski definition) is 4. The monoisotopic (exact) mass is 271 g/mol. The normalized spacial score (nSPS) is 18.9. The van der Waals surface area contributed by atoms with Gasteiger partial charge in [0.05, 0.1) is 6.61 Å². The number of aryl methyl sites for hydroxylation is 1. The lowest BCUT2D eigenvalue weighted by Gasteiger charge is -2.21. The van der Waals surface area contributed by atoms with Crippen LogP contribution in [0.5, 0.6) is 0 Å². The first-order valence-electron chi connectivity index (χ1n) is 7.07. The molecule has 0 radical (unpaired) electrons. The number of ether oxygens (including phenoxy) is 1. The Morgan fingerprint density at radius 3 is 3.05 bits per heavy atom. The molecule has 0 saturated carbocycles. The summed E-state index contributed by atoms with van der Waals surface area (Å²) in [5.41, 5.74) is 9.15. The SMILES string of the molecule is COCC1CCN(c2ccc(N)c3cnc(C)cc23)C1. The molecule has 1 aliphatic heterocycles. The molecule has 0 amide bonds. The van der Waals surface area contributed by atoms with Gasteiger partial charge in [0.2, 0.25) is 0 Å². The third-order valence-electron chi connectivity index (χ3n) is 4.08. The molecule has 1 aromatic carbocycles. The number of nitrogens with two attached hydrogens (primary N) is 1. The van der Waals surface area contributed by atoms with Crippen LogP contribution in [0.2, 0.25) is 0 Å². The van der Waals surface area contributed by atoms with Crippen molar-refractivity contribution >= 4 is 22.1 Å². The van der Waals surface area contributed by atoms with Gasteiger partial charge in [0, 0.05) is 60.2 Å². The van der Waals surface area contributed by atoms with Crippen molar-refractivity contribution in [1.29, 1.82) is 0 Å². The molecule has 20 heavy (non-hydrogen) atoms. The van der Waals surface area contributed by atoms with Crippen molar-refractivity contribution < 1.29 is 4.74 Å². The predicted molar refractivity (Wildman–Crippen MR) is 83.1 cm³/mol.